The van der Waals surface area contributed by atoms with Crippen LogP contribution in [0, 0.1) is 0 Å². The predicted molar refractivity (Wildman–Crippen MR) is 69.7 cm³/mol. The number of benzene rings is 1. The number of methoxy groups -OCH3 is 1. The maximum atomic E-state index is 11.7. The van der Waals surface area contributed by atoms with E-state index in [0.717, 1.165) is 0 Å². The lowest BCUT2D eigenvalue weighted by Gasteiger charge is -2.17. The molecule has 0 aliphatic carbocycles. The van der Waals surface area contributed by atoms with Gasteiger partial charge in [-0.15, -0.1) is 0 Å². The van der Waals surface area contributed by atoms with Gasteiger partial charge in [-0.1, -0.05) is 6.07 Å². The third-order valence-corrected chi connectivity index (χ3v) is 2.35. The second kappa shape index (κ2) is 7.22. The minimum absolute atomic E-state index is 0.0752. The van der Waals surface area contributed by atoms with E-state index in [2.05, 4.69) is 10.8 Å². The molecule has 7 heteroatoms. The molecule has 0 unspecified atom stereocenters. The molecule has 0 spiro atoms. The van der Waals surface area contributed by atoms with Gasteiger partial charge >= 0.3 is 6.03 Å². The fourth-order valence-corrected chi connectivity index (χ4v) is 1.40. The van der Waals surface area contributed by atoms with E-state index in [1.165, 1.54) is 12.0 Å². The second-order valence-electron chi connectivity index (χ2n) is 3.84. The highest BCUT2D eigenvalue weighted by molar-refractivity contribution is 5.90. The number of amides is 3. The summed E-state index contributed by atoms with van der Waals surface area (Å²) in [5.41, 5.74) is 3.29. The number of carbonyl (C=O) groups is 2. The molecule has 0 aliphatic heterocycles. The van der Waals surface area contributed by atoms with Crippen LogP contribution in [0.25, 0.3) is 0 Å². The monoisotopic (exact) mass is 267 g/mol. The van der Waals surface area contributed by atoms with Crippen LogP contribution >= 0.6 is 0 Å². The summed E-state index contributed by atoms with van der Waals surface area (Å²) >= 11 is 0. The summed E-state index contributed by atoms with van der Waals surface area (Å²) < 4.78 is 5.20. The van der Waals surface area contributed by atoms with Crippen molar-refractivity contribution < 1.29 is 19.2 Å². The summed E-state index contributed by atoms with van der Waals surface area (Å²) in [6.07, 6.45) is 0.424. The lowest BCUT2D eigenvalue weighted by atomic mass is 10.1. The summed E-state index contributed by atoms with van der Waals surface area (Å²) in [6, 6.07) is 4.95. The highest BCUT2D eigenvalue weighted by Gasteiger charge is 2.12. The van der Waals surface area contributed by atoms with E-state index < -0.39 is 0 Å². The summed E-state index contributed by atoms with van der Waals surface area (Å²) in [5, 5.41) is 2.72. The quantitative estimate of drug-likeness (QED) is 0.457. The lowest BCUT2D eigenvalue weighted by molar-refractivity contribution is -0.121. The van der Waals surface area contributed by atoms with Gasteiger partial charge < -0.3 is 15.0 Å². The topological polar surface area (TPSA) is 79.9 Å². The van der Waals surface area contributed by atoms with Gasteiger partial charge in [0.25, 0.3) is 0 Å². The molecule has 0 atom stereocenters. The molecule has 104 valence electrons. The van der Waals surface area contributed by atoms with Gasteiger partial charge in [0.1, 0.15) is 12.4 Å². The largest absolute Gasteiger partial charge is 0.496 e. The molecule has 2 N–H and O–H groups in total. The van der Waals surface area contributed by atoms with E-state index in [1.807, 2.05) is 0 Å². The van der Waals surface area contributed by atoms with Gasteiger partial charge in [0, 0.05) is 19.7 Å². The molecular weight excluding hydrogens is 250 g/mol. The van der Waals surface area contributed by atoms with Crippen LogP contribution in [0.1, 0.15) is 5.56 Å². The van der Waals surface area contributed by atoms with Crippen LogP contribution < -0.4 is 15.5 Å². The van der Waals surface area contributed by atoms with Crippen molar-refractivity contribution in [3.8, 4) is 5.75 Å². The molecule has 0 aliphatic rings. The third kappa shape index (κ3) is 4.14. The standard InChI is InChI=1S/C12H17N3O4/c1-15(2)12(17)14-10-5-4-6-11(18-3)9(10)7-19-13-8-16/h4-6,8H,7H2,1-3H3,(H,13,16)(H,14,17). The summed E-state index contributed by atoms with van der Waals surface area (Å²) in [6.45, 7) is 0.0752. The van der Waals surface area contributed by atoms with Crippen LogP contribution in [-0.4, -0.2) is 38.5 Å². The average molecular weight is 267 g/mol. The zero-order valence-electron chi connectivity index (χ0n) is 11.1. The number of nitrogens with one attached hydrogen (secondary N) is 2. The Labute approximate surface area is 111 Å². The van der Waals surface area contributed by atoms with Crippen LogP contribution in [0.5, 0.6) is 5.75 Å². The van der Waals surface area contributed by atoms with Crippen molar-refractivity contribution in [3.63, 3.8) is 0 Å². The Morgan fingerprint density at radius 3 is 2.74 bits per heavy atom. The minimum Gasteiger partial charge on any atom is -0.496 e. The molecule has 0 saturated heterocycles. The van der Waals surface area contributed by atoms with E-state index in [9.17, 15) is 9.59 Å². The molecule has 0 fully saturated rings. The van der Waals surface area contributed by atoms with Crippen molar-refractivity contribution in [3.05, 3.63) is 23.8 Å². The minimum atomic E-state index is -0.266. The number of hydrogen-bond donors (Lipinski definition) is 2. The number of hydrogen-bond acceptors (Lipinski definition) is 4. The Bertz CT molecular complexity index is 449. The van der Waals surface area contributed by atoms with Gasteiger partial charge in [0.15, 0.2) is 0 Å². The number of ether oxygens (including phenoxy) is 1. The van der Waals surface area contributed by atoms with Crippen molar-refractivity contribution in [2.24, 2.45) is 0 Å². The molecule has 7 nitrogen and oxygen atoms in total. The molecule has 1 aromatic rings. The van der Waals surface area contributed by atoms with Gasteiger partial charge in [-0.2, -0.15) is 0 Å². The Kier molecular flexibility index (Phi) is 5.62. The molecule has 0 radical (unpaired) electrons. The Balaban J connectivity index is 2.94. The van der Waals surface area contributed by atoms with Gasteiger partial charge in [0.05, 0.1) is 12.8 Å². The van der Waals surface area contributed by atoms with Crippen LogP contribution in [0.15, 0.2) is 18.2 Å². The zero-order valence-corrected chi connectivity index (χ0v) is 11.1. The van der Waals surface area contributed by atoms with Crippen molar-refractivity contribution in [1.82, 2.24) is 10.4 Å². The second-order valence-corrected chi connectivity index (χ2v) is 3.84. The van der Waals surface area contributed by atoms with E-state index in [1.54, 1.807) is 32.3 Å². The number of anilines is 1. The highest BCUT2D eigenvalue weighted by Crippen LogP contribution is 2.27. The smallest absolute Gasteiger partial charge is 0.321 e. The van der Waals surface area contributed by atoms with Gasteiger partial charge in [-0.3, -0.25) is 9.63 Å². The molecule has 0 aromatic heterocycles. The number of hydroxylamine groups is 1. The first-order chi connectivity index (χ1) is 9.10. The van der Waals surface area contributed by atoms with Crippen LogP contribution in [0.2, 0.25) is 0 Å². The molecule has 0 saturated carbocycles. The first kappa shape index (κ1) is 14.8. The van der Waals surface area contributed by atoms with E-state index in [-0.39, 0.29) is 12.6 Å². The highest BCUT2D eigenvalue weighted by atomic mass is 16.6. The lowest BCUT2D eigenvalue weighted by Crippen LogP contribution is -2.28. The predicted octanol–water partition coefficient (Wildman–Crippen LogP) is 0.966. The molecule has 0 heterocycles. The van der Waals surface area contributed by atoms with E-state index >= 15 is 0 Å². The average Bonchev–Trinajstić information content (AvgIpc) is 2.40. The Hall–Kier alpha value is -2.28. The van der Waals surface area contributed by atoms with Crippen molar-refractivity contribution in [2.75, 3.05) is 26.5 Å². The fourth-order valence-electron chi connectivity index (χ4n) is 1.40. The number of urea groups is 1. The fraction of sp³-hybridized carbons (Fsp3) is 0.333. The van der Waals surface area contributed by atoms with Gasteiger partial charge in [-0.05, 0) is 12.1 Å². The molecule has 0 bridgehead atoms. The first-order valence-corrected chi connectivity index (χ1v) is 5.55. The van der Waals surface area contributed by atoms with Crippen LogP contribution in [-0.2, 0) is 16.2 Å². The van der Waals surface area contributed by atoms with Gasteiger partial charge in [0.2, 0.25) is 6.41 Å². The maximum absolute atomic E-state index is 11.7. The molecular formula is C12H17N3O4. The third-order valence-electron chi connectivity index (χ3n) is 2.35. The number of rotatable bonds is 6. The van der Waals surface area contributed by atoms with Crippen molar-refractivity contribution in [2.45, 2.75) is 6.61 Å². The molecule has 1 aromatic carbocycles. The van der Waals surface area contributed by atoms with Gasteiger partial charge in [-0.25, -0.2) is 10.3 Å². The molecule has 1 rings (SSSR count). The summed E-state index contributed by atoms with van der Waals surface area (Å²) in [4.78, 5) is 28.2. The zero-order chi connectivity index (χ0) is 14.3. The number of nitrogens with zero attached hydrogens (tertiary/aromatic N) is 1. The molecule has 19 heavy (non-hydrogen) atoms. The maximum Gasteiger partial charge on any atom is 0.321 e. The van der Waals surface area contributed by atoms with E-state index in [4.69, 9.17) is 9.57 Å². The van der Waals surface area contributed by atoms with Crippen LogP contribution in [0.4, 0.5) is 10.5 Å². The Morgan fingerprint density at radius 1 is 1.42 bits per heavy atom. The SMILES string of the molecule is COc1cccc(NC(=O)N(C)C)c1CONC=O. The summed E-state index contributed by atoms with van der Waals surface area (Å²) in [7, 11) is 4.79. The molecule has 3 amide bonds. The summed E-state index contributed by atoms with van der Waals surface area (Å²) in [5.74, 6) is 0.559. The van der Waals surface area contributed by atoms with Crippen molar-refractivity contribution >= 4 is 18.1 Å². The van der Waals surface area contributed by atoms with Crippen LogP contribution in [0.3, 0.4) is 0 Å². The normalized spacial score (nSPS) is 9.63. The first-order valence-electron chi connectivity index (χ1n) is 5.55. The van der Waals surface area contributed by atoms with E-state index in [0.29, 0.717) is 23.4 Å². The number of carbonyl (C=O) groups excluding carboxylic acids is 2. The Morgan fingerprint density at radius 2 is 2.16 bits per heavy atom. The van der Waals surface area contributed by atoms with Crippen molar-refractivity contribution in [1.29, 1.82) is 0 Å².